The van der Waals surface area contributed by atoms with Crippen LogP contribution in [0.5, 0.6) is 11.6 Å². The van der Waals surface area contributed by atoms with E-state index in [0.29, 0.717) is 16.8 Å². The molecule has 7 nitrogen and oxygen atoms in total. The maximum absolute atomic E-state index is 11.3. The smallest absolute Gasteiger partial charge is 0.335 e. The molecule has 1 aliphatic rings. The normalized spacial score (nSPS) is 14.4. The second-order valence-corrected chi connectivity index (χ2v) is 8.26. The maximum Gasteiger partial charge on any atom is 0.335 e. The van der Waals surface area contributed by atoms with E-state index in [2.05, 4.69) is 10.2 Å². The number of hydrogen-bond donors (Lipinski definition) is 3. The SMILES string of the molecule is O=C(O)c1cccc(-c2cccc(N=Nc3c(O)n(C4CCCC4)c4ccccc34)c2O)c1. The Kier molecular flexibility index (Phi) is 5.30. The molecule has 0 spiro atoms. The minimum atomic E-state index is -1.04. The second-order valence-electron chi connectivity index (χ2n) is 8.26. The molecule has 0 aliphatic heterocycles. The first-order valence-electron chi connectivity index (χ1n) is 10.9. The minimum absolute atomic E-state index is 0.0802. The molecule has 166 valence electrons. The van der Waals surface area contributed by atoms with Gasteiger partial charge in [0.25, 0.3) is 0 Å². The lowest BCUT2D eigenvalue weighted by Gasteiger charge is -2.14. The monoisotopic (exact) mass is 441 g/mol. The number of nitrogens with zero attached hydrogens (tertiary/aromatic N) is 3. The van der Waals surface area contributed by atoms with Crippen molar-refractivity contribution in [2.24, 2.45) is 10.2 Å². The van der Waals surface area contributed by atoms with Crippen LogP contribution in [0.15, 0.2) is 77.0 Å². The number of carboxylic acid groups (broad SMARTS) is 1. The van der Waals surface area contributed by atoms with Crippen LogP contribution in [0.25, 0.3) is 22.0 Å². The average Bonchev–Trinajstić information content (AvgIpc) is 3.44. The van der Waals surface area contributed by atoms with Crippen LogP contribution in [0.1, 0.15) is 42.1 Å². The van der Waals surface area contributed by atoms with Gasteiger partial charge in [-0.3, -0.25) is 0 Å². The van der Waals surface area contributed by atoms with Crippen LogP contribution in [0.2, 0.25) is 0 Å². The van der Waals surface area contributed by atoms with Crippen LogP contribution in [0.3, 0.4) is 0 Å². The Hall–Kier alpha value is -4.13. The first kappa shape index (κ1) is 20.8. The summed E-state index contributed by atoms with van der Waals surface area (Å²) in [5.41, 5.74) is 2.65. The average molecular weight is 441 g/mol. The molecular formula is C26H23N3O4. The molecule has 1 fully saturated rings. The van der Waals surface area contributed by atoms with Crippen LogP contribution in [0.4, 0.5) is 11.4 Å². The molecule has 1 heterocycles. The number of aromatic nitrogens is 1. The minimum Gasteiger partial charge on any atom is -0.505 e. The van der Waals surface area contributed by atoms with Crippen LogP contribution in [-0.4, -0.2) is 25.9 Å². The van der Waals surface area contributed by atoms with Gasteiger partial charge in [0.05, 0.1) is 11.1 Å². The fourth-order valence-corrected chi connectivity index (χ4v) is 4.63. The number of aromatic hydroxyl groups is 2. The van der Waals surface area contributed by atoms with Gasteiger partial charge in [-0.1, -0.05) is 55.3 Å². The van der Waals surface area contributed by atoms with Crippen molar-refractivity contribution in [3.63, 3.8) is 0 Å². The molecule has 33 heavy (non-hydrogen) atoms. The van der Waals surface area contributed by atoms with Crippen molar-refractivity contribution in [1.29, 1.82) is 0 Å². The van der Waals surface area contributed by atoms with Crippen molar-refractivity contribution in [2.45, 2.75) is 31.7 Å². The molecule has 1 aromatic heterocycles. The Morgan fingerprint density at radius 1 is 0.909 bits per heavy atom. The zero-order valence-corrected chi connectivity index (χ0v) is 17.8. The Morgan fingerprint density at radius 2 is 1.67 bits per heavy atom. The van der Waals surface area contributed by atoms with E-state index in [0.717, 1.165) is 36.6 Å². The van der Waals surface area contributed by atoms with Crippen molar-refractivity contribution in [2.75, 3.05) is 0 Å². The largest absolute Gasteiger partial charge is 0.505 e. The molecular weight excluding hydrogens is 418 g/mol. The molecule has 1 saturated carbocycles. The van der Waals surface area contributed by atoms with Gasteiger partial charge >= 0.3 is 5.97 Å². The number of para-hydroxylation sites is 2. The number of rotatable bonds is 5. The molecule has 0 bridgehead atoms. The zero-order valence-electron chi connectivity index (χ0n) is 17.8. The fraction of sp³-hybridized carbons (Fsp3) is 0.192. The van der Waals surface area contributed by atoms with E-state index < -0.39 is 5.97 Å². The predicted molar refractivity (Wildman–Crippen MR) is 126 cm³/mol. The Bertz CT molecular complexity index is 1380. The quantitative estimate of drug-likeness (QED) is 0.291. The number of carboxylic acids is 1. The third kappa shape index (κ3) is 3.71. The van der Waals surface area contributed by atoms with Crippen LogP contribution < -0.4 is 0 Å². The predicted octanol–water partition coefficient (Wildman–Crippen LogP) is 6.95. The van der Waals surface area contributed by atoms with Crippen LogP contribution >= 0.6 is 0 Å². The van der Waals surface area contributed by atoms with Gasteiger partial charge < -0.3 is 19.9 Å². The second kappa shape index (κ2) is 8.43. The van der Waals surface area contributed by atoms with Crippen LogP contribution in [0, 0.1) is 0 Å². The van der Waals surface area contributed by atoms with Crippen molar-refractivity contribution in [1.82, 2.24) is 4.57 Å². The molecule has 0 radical (unpaired) electrons. The van der Waals surface area contributed by atoms with Gasteiger partial charge in [0.15, 0.2) is 11.4 Å². The highest BCUT2D eigenvalue weighted by Crippen LogP contribution is 2.46. The number of azo groups is 1. The third-order valence-corrected chi connectivity index (χ3v) is 6.24. The number of aromatic carboxylic acids is 1. The number of phenolic OH excluding ortho intramolecular Hbond substituents is 1. The Balaban J connectivity index is 1.56. The zero-order chi connectivity index (χ0) is 22.9. The summed E-state index contributed by atoms with van der Waals surface area (Å²) in [4.78, 5) is 11.3. The summed E-state index contributed by atoms with van der Waals surface area (Å²) in [6.07, 6.45) is 4.30. The number of phenols is 1. The molecule has 3 aromatic carbocycles. The van der Waals surface area contributed by atoms with Crippen molar-refractivity contribution in [3.05, 3.63) is 72.3 Å². The summed E-state index contributed by atoms with van der Waals surface area (Å²) >= 11 is 0. The summed E-state index contributed by atoms with van der Waals surface area (Å²) in [6.45, 7) is 0. The molecule has 3 N–H and O–H groups in total. The first-order valence-corrected chi connectivity index (χ1v) is 10.9. The van der Waals surface area contributed by atoms with Gasteiger partial charge in [-0.15, -0.1) is 10.2 Å². The maximum atomic E-state index is 11.3. The van der Waals surface area contributed by atoms with Gasteiger partial charge in [0, 0.05) is 17.0 Å². The molecule has 0 atom stereocenters. The van der Waals surface area contributed by atoms with E-state index >= 15 is 0 Å². The van der Waals surface area contributed by atoms with Gasteiger partial charge in [0.2, 0.25) is 5.88 Å². The number of fused-ring (bicyclic) bond motifs is 1. The highest BCUT2D eigenvalue weighted by atomic mass is 16.4. The standard InChI is InChI=1S/C26H23N3O4/c30-24-19(16-7-5-8-17(15-16)26(32)33)12-6-13-21(24)27-28-23-20-11-3-4-14-22(20)29(25(23)31)18-9-1-2-10-18/h3-8,11-15,18,30-31H,1-2,9-10H2,(H,32,33). The van der Waals surface area contributed by atoms with E-state index in [4.69, 9.17) is 0 Å². The van der Waals surface area contributed by atoms with Crippen molar-refractivity contribution >= 4 is 28.2 Å². The Labute approximate surface area is 190 Å². The lowest BCUT2D eigenvalue weighted by atomic mass is 10.0. The van der Waals surface area contributed by atoms with Crippen LogP contribution in [-0.2, 0) is 0 Å². The molecule has 4 aromatic rings. The van der Waals surface area contributed by atoms with Gasteiger partial charge in [-0.2, -0.15) is 0 Å². The van der Waals surface area contributed by atoms with Gasteiger partial charge in [0.1, 0.15) is 5.69 Å². The number of hydrogen-bond acceptors (Lipinski definition) is 5. The van der Waals surface area contributed by atoms with E-state index in [9.17, 15) is 20.1 Å². The molecule has 7 heteroatoms. The van der Waals surface area contributed by atoms with Gasteiger partial charge in [-0.25, -0.2) is 4.79 Å². The van der Waals surface area contributed by atoms with E-state index in [1.807, 2.05) is 28.8 Å². The highest BCUT2D eigenvalue weighted by molar-refractivity contribution is 5.95. The molecule has 0 amide bonds. The molecule has 1 aliphatic carbocycles. The topological polar surface area (TPSA) is 107 Å². The molecule has 5 rings (SSSR count). The van der Waals surface area contributed by atoms with E-state index in [1.165, 1.54) is 12.1 Å². The summed E-state index contributed by atoms with van der Waals surface area (Å²) in [5, 5.41) is 40.5. The fourth-order valence-electron chi connectivity index (χ4n) is 4.63. The molecule has 0 unspecified atom stereocenters. The highest BCUT2D eigenvalue weighted by Gasteiger charge is 2.25. The summed E-state index contributed by atoms with van der Waals surface area (Å²) < 4.78 is 1.95. The lowest BCUT2D eigenvalue weighted by Crippen LogP contribution is -2.03. The Morgan fingerprint density at radius 3 is 2.45 bits per heavy atom. The third-order valence-electron chi connectivity index (χ3n) is 6.24. The van der Waals surface area contributed by atoms with E-state index in [-0.39, 0.29) is 28.9 Å². The van der Waals surface area contributed by atoms with Crippen molar-refractivity contribution < 1.29 is 20.1 Å². The van der Waals surface area contributed by atoms with E-state index in [1.54, 1.807) is 30.3 Å². The van der Waals surface area contributed by atoms with Gasteiger partial charge in [-0.05, 0) is 42.7 Å². The number of benzene rings is 3. The summed E-state index contributed by atoms with van der Waals surface area (Å²) in [6, 6.07) is 19.3. The van der Waals surface area contributed by atoms with Crippen molar-refractivity contribution in [3.8, 4) is 22.8 Å². The summed E-state index contributed by atoms with van der Waals surface area (Å²) in [5.74, 6) is -1.07. The lowest BCUT2D eigenvalue weighted by molar-refractivity contribution is 0.0697. The number of carbonyl (C=O) groups is 1. The first-order chi connectivity index (χ1) is 16.0. The summed E-state index contributed by atoms with van der Waals surface area (Å²) in [7, 11) is 0. The molecule has 0 saturated heterocycles.